The minimum atomic E-state index is -0.361. The third-order valence-corrected chi connectivity index (χ3v) is 6.71. The maximum Gasteiger partial charge on any atom is 0.339 e. The molecule has 0 spiro atoms. The predicted molar refractivity (Wildman–Crippen MR) is 129 cm³/mol. The molecule has 2 saturated heterocycles. The summed E-state index contributed by atoms with van der Waals surface area (Å²) in [5, 5.41) is 12.5. The van der Waals surface area contributed by atoms with Crippen LogP contribution in [0.3, 0.4) is 0 Å². The van der Waals surface area contributed by atoms with Gasteiger partial charge in [-0.1, -0.05) is 0 Å². The van der Waals surface area contributed by atoms with E-state index >= 15 is 0 Å². The Bertz CT molecular complexity index is 1170. The van der Waals surface area contributed by atoms with Gasteiger partial charge in [0.2, 0.25) is 5.91 Å². The smallest absolute Gasteiger partial charge is 0.339 e. The summed E-state index contributed by atoms with van der Waals surface area (Å²) in [4.78, 5) is 36.0. The molecule has 3 aromatic heterocycles. The van der Waals surface area contributed by atoms with Gasteiger partial charge in [0.25, 0.3) is 0 Å². The Morgan fingerprint density at radius 2 is 1.77 bits per heavy atom. The molecule has 5 heterocycles. The summed E-state index contributed by atoms with van der Waals surface area (Å²) in [6.07, 6.45) is 5.68. The number of carbonyl (C=O) groups excluding carboxylic acids is 2. The third-order valence-electron chi connectivity index (χ3n) is 6.71. The number of nitrogens with zero attached hydrogens (tertiary/aromatic N) is 8. The summed E-state index contributed by atoms with van der Waals surface area (Å²) in [7, 11) is 0. The Balaban J connectivity index is 1.14. The predicted octanol–water partition coefficient (Wildman–Crippen LogP) is 1.65. The number of amides is 1. The summed E-state index contributed by atoms with van der Waals surface area (Å²) >= 11 is 0. The molecule has 2 aliphatic rings. The van der Waals surface area contributed by atoms with Gasteiger partial charge in [-0.05, 0) is 50.5 Å². The first-order valence-electron chi connectivity index (χ1n) is 12.2. The van der Waals surface area contributed by atoms with Crippen LogP contribution in [0.5, 0.6) is 0 Å². The average molecular weight is 479 g/mol. The van der Waals surface area contributed by atoms with Gasteiger partial charge in [-0.2, -0.15) is 4.52 Å². The highest BCUT2D eigenvalue weighted by Crippen LogP contribution is 2.24. The van der Waals surface area contributed by atoms with Gasteiger partial charge in [-0.15, -0.1) is 15.3 Å². The lowest BCUT2D eigenvalue weighted by molar-refractivity contribution is -0.136. The van der Waals surface area contributed by atoms with E-state index in [4.69, 9.17) is 4.74 Å². The second kappa shape index (κ2) is 10.2. The number of esters is 1. The molecule has 11 nitrogen and oxygen atoms in total. The van der Waals surface area contributed by atoms with Crippen LogP contribution in [0.2, 0.25) is 0 Å². The molecule has 1 amide bonds. The van der Waals surface area contributed by atoms with Gasteiger partial charge < -0.3 is 19.4 Å². The maximum atomic E-state index is 13.3. The van der Waals surface area contributed by atoms with Gasteiger partial charge in [0.1, 0.15) is 18.0 Å². The van der Waals surface area contributed by atoms with Gasteiger partial charge in [-0.25, -0.2) is 9.78 Å². The van der Waals surface area contributed by atoms with Crippen molar-refractivity contribution in [3.8, 4) is 0 Å². The van der Waals surface area contributed by atoms with Crippen LogP contribution in [0.1, 0.15) is 36.5 Å². The Morgan fingerprint density at radius 1 is 0.971 bits per heavy atom. The molecule has 35 heavy (non-hydrogen) atoms. The highest BCUT2D eigenvalue weighted by Gasteiger charge is 2.30. The molecule has 0 aliphatic carbocycles. The number of fused-ring (bicyclic) bond motifs is 1. The molecule has 5 rings (SSSR count). The minimum absolute atomic E-state index is 0.0402. The summed E-state index contributed by atoms with van der Waals surface area (Å²) in [5.74, 6) is 1.63. The first-order valence-corrected chi connectivity index (χ1v) is 12.2. The second-order valence-electron chi connectivity index (χ2n) is 8.88. The number of hydrogen-bond acceptors (Lipinski definition) is 9. The second-order valence-corrected chi connectivity index (χ2v) is 8.88. The molecule has 3 aromatic rings. The van der Waals surface area contributed by atoms with Crippen LogP contribution in [-0.2, 0) is 9.53 Å². The van der Waals surface area contributed by atoms with Gasteiger partial charge in [-0.3, -0.25) is 4.79 Å². The molecule has 0 bridgehead atoms. The molecule has 2 fully saturated rings. The molecule has 0 N–H and O–H groups in total. The number of pyridine rings is 1. The van der Waals surface area contributed by atoms with Crippen LogP contribution in [0.25, 0.3) is 5.65 Å². The fourth-order valence-corrected chi connectivity index (χ4v) is 4.78. The molecule has 0 radical (unpaired) electrons. The molecule has 2 aliphatic heterocycles. The van der Waals surface area contributed by atoms with Crippen LogP contribution in [0.15, 0.2) is 36.8 Å². The fraction of sp³-hybridized carbons (Fsp3) is 0.500. The van der Waals surface area contributed by atoms with Crippen molar-refractivity contribution in [3.63, 3.8) is 0 Å². The standard InChI is InChI=1S/C24H30N8O3/c1-2-35-24(34)19-4-5-20(25-16-19)29-10-3-11-31(15-14-29)23(33)18-8-12-30(13-9-18)22-7-6-21-27-26-17-32(21)28-22/h4-7,16-18H,2-3,8-15H2,1H3. The largest absolute Gasteiger partial charge is 0.462 e. The average Bonchev–Trinajstić information content (AvgIpc) is 3.23. The van der Waals surface area contributed by atoms with Crippen molar-refractivity contribution < 1.29 is 14.3 Å². The lowest BCUT2D eigenvalue weighted by atomic mass is 9.95. The Morgan fingerprint density at radius 3 is 2.54 bits per heavy atom. The van der Waals surface area contributed by atoms with Crippen molar-refractivity contribution in [2.24, 2.45) is 5.92 Å². The SMILES string of the molecule is CCOC(=O)c1ccc(N2CCCN(C(=O)C3CCN(c4ccc5nncn5n4)CC3)CC2)nc1. The molecular weight excluding hydrogens is 448 g/mol. The third kappa shape index (κ3) is 5.03. The van der Waals surface area contributed by atoms with E-state index in [1.54, 1.807) is 30.0 Å². The number of piperidine rings is 1. The van der Waals surface area contributed by atoms with Gasteiger partial charge >= 0.3 is 5.97 Å². The molecular formula is C24H30N8O3. The fourth-order valence-electron chi connectivity index (χ4n) is 4.78. The molecule has 0 aromatic carbocycles. The van der Waals surface area contributed by atoms with Gasteiger partial charge in [0.05, 0.1) is 12.2 Å². The lowest BCUT2D eigenvalue weighted by Crippen LogP contribution is -2.44. The molecule has 184 valence electrons. The van der Waals surface area contributed by atoms with E-state index in [0.29, 0.717) is 18.7 Å². The zero-order chi connectivity index (χ0) is 24.2. The van der Waals surface area contributed by atoms with E-state index in [1.165, 1.54) is 0 Å². The van der Waals surface area contributed by atoms with E-state index < -0.39 is 0 Å². The van der Waals surface area contributed by atoms with E-state index in [0.717, 1.165) is 69.3 Å². The number of rotatable bonds is 5. The van der Waals surface area contributed by atoms with E-state index in [1.807, 2.05) is 23.1 Å². The number of carbonyl (C=O) groups is 2. The normalized spacial score (nSPS) is 17.5. The summed E-state index contributed by atoms with van der Waals surface area (Å²) < 4.78 is 6.70. The molecule has 0 saturated carbocycles. The monoisotopic (exact) mass is 478 g/mol. The number of hydrogen-bond donors (Lipinski definition) is 0. The first-order chi connectivity index (χ1) is 17.1. The van der Waals surface area contributed by atoms with Crippen LogP contribution < -0.4 is 9.80 Å². The van der Waals surface area contributed by atoms with Crippen molar-refractivity contribution in [3.05, 3.63) is 42.4 Å². The topological polar surface area (TPSA) is 109 Å². The quantitative estimate of drug-likeness (QED) is 0.506. The zero-order valence-corrected chi connectivity index (χ0v) is 19.9. The highest BCUT2D eigenvalue weighted by molar-refractivity contribution is 5.89. The Labute approximate surface area is 203 Å². The highest BCUT2D eigenvalue weighted by atomic mass is 16.5. The van der Waals surface area contributed by atoms with Crippen LogP contribution in [0, 0.1) is 5.92 Å². The summed E-state index contributed by atoms with van der Waals surface area (Å²) in [5.41, 5.74) is 1.17. The summed E-state index contributed by atoms with van der Waals surface area (Å²) in [6, 6.07) is 7.47. The van der Waals surface area contributed by atoms with Crippen molar-refractivity contribution in [1.82, 2.24) is 29.7 Å². The zero-order valence-electron chi connectivity index (χ0n) is 19.9. The van der Waals surface area contributed by atoms with Crippen LogP contribution in [-0.4, -0.2) is 87.4 Å². The number of ether oxygens (including phenoxy) is 1. The number of anilines is 2. The first kappa shape index (κ1) is 23.0. The van der Waals surface area contributed by atoms with Crippen LogP contribution >= 0.6 is 0 Å². The van der Waals surface area contributed by atoms with Gasteiger partial charge in [0, 0.05) is 51.4 Å². The van der Waals surface area contributed by atoms with E-state index in [9.17, 15) is 9.59 Å². The maximum absolute atomic E-state index is 13.3. The van der Waals surface area contributed by atoms with Gasteiger partial charge in [0.15, 0.2) is 5.65 Å². The van der Waals surface area contributed by atoms with Crippen molar-refractivity contribution in [2.45, 2.75) is 26.2 Å². The van der Waals surface area contributed by atoms with E-state index in [2.05, 4.69) is 30.1 Å². The number of aromatic nitrogens is 5. The molecule has 0 atom stereocenters. The minimum Gasteiger partial charge on any atom is -0.462 e. The molecule has 0 unspecified atom stereocenters. The van der Waals surface area contributed by atoms with E-state index in [-0.39, 0.29) is 17.8 Å². The Kier molecular flexibility index (Phi) is 6.73. The lowest BCUT2D eigenvalue weighted by Gasteiger charge is -2.34. The Hall–Kier alpha value is -3.76. The van der Waals surface area contributed by atoms with Crippen LogP contribution in [0.4, 0.5) is 11.6 Å². The summed E-state index contributed by atoms with van der Waals surface area (Å²) in [6.45, 7) is 6.69. The van der Waals surface area contributed by atoms with Crippen molar-refractivity contribution in [2.75, 3.05) is 55.7 Å². The molecule has 11 heteroatoms. The van der Waals surface area contributed by atoms with Crippen molar-refractivity contribution >= 4 is 29.2 Å². The van der Waals surface area contributed by atoms with Crippen molar-refractivity contribution in [1.29, 1.82) is 0 Å².